The fraction of sp³-hybridized carbons (Fsp3) is 0.429. The van der Waals surface area contributed by atoms with Crippen LogP contribution in [-0.2, 0) is 9.53 Å². The summed E-state index contributed by atoms with van der Waals surface area (Å²) in [6.07, 6.45) is 7.20. The highest BCUT2D eigenvalue weighted by Gasteiger charge is 2.34. The van der Waals surface area contributed by atoms with E-state index in [1.165, 1.54) is 0 Å². The molecule has 0 amide bonds. The highest BCUT2D eigenvalue weighted by atomic mass is 16.5. The molecule has 0 spiro atoms. The molecule has 0 fully saturated rings. The van der Waals surface area contributed by atoms with Gasteiger partial charge in [-0.15, -0.1) is 0 Å². The normalized spacial score (nSPS) is 24.1. The number of carbonyl (C=O) groups excluding carboxylic acids is 1. The zero-order valence-electron chi connectivity index (χ0n) is 10.3. The minimum atomic E-state index is -0.245. The molecule has 0 aromatic carbocycles. The van der Waals surface area contributed by atoms with Crippen LogP contribution < -0.4 is 0 Å². The molecular formula is C14H17NO2. The Morgan fingerprint density at radius 1 is 1.41 bits per heavy atom. The summed E-state index contributed by atoms with van der Waals surface area (Å²) in [5, 5.41) is 0. The topological polar surface area (TPSA) is 39.2 Å². The molecule has 3 nitrogen and oxygen atoms in total. The van der Waals surface area contributed by atoms with Crippen LogP contribution in [0.2, 0.25) is 0 Å². The quantitative estimate of drug-likeness (QED) is 0.751. The Morgan fingerprint density at radius 2 is 2.12 bits per heavy atom. The second-order valence-corrected chi connectivity index (χ2v) is 4.71. The Bertz CT molecular complexity index is 439. The summed E-state index contributed by atoms with van der Waals surface area (Å²) in [6, 6.07) is 3.89. The number of hydrogen-bond donors (Lipinski definition) is 0. The maximum absolute atomic E-state index is 11.4. The second kappa shape index (κ2) is 4.70. The predicted molar refractivity (Wildman–Crippen MR) is 66.2 cm³/mol. The van der Waals surface area contributed by atoms with Crippen LogP contribution in [0.25, 0.3) is 5.57 Å². The molecule has 90 valence electrons. The van der Waals surface area contributed by atoms with Crippen molar-refractivity contribution in [1.29, 1.82) is 0 Å². The van der Waals surface area contributed by atoms with E-state index in [1.54, 1.807) is 18.5 Å². The lowest BCUT2D eigenvalue weighted by molar-refractivity contribution is -0.141. The van der Waals surface area contributed by atoms with Crippen molar-refractivity contribution >= 4 is 11.5 Å². The van der Waals surface area contributed by atoms with Crippen LogP contribution in [0.3, 0.4) is 0 Å². The van der Waals surface area contributed by atoms with Gasteiger partial charge >= 0.3 is 5.97 Å². The largest absolute Gasteiger partial charge is 0.462 e. The molecule has 1 atom stereocenters. The molecule has 17 heavy (non-hydrogen) atoms. The molecule has 1 aromatic heterocycles. The number of hydrogen-bond acceptors (Lipinski definition) is 3. The van der Waals surface area contributed by atoms with E-state index in [0.29, 0.717) is 6.61 Å². The Kier molecular flexibility index (Phi) is 3.27. The zero-order chi connectivity index (χ0) is 12.3. The number of aromatic nitrogens is 1. The van der Waals surface area contributed by atoms with Gasteiger partial charge in [-0.25, -0.2) is 4.79 Å². The molecule has 0 radical (unpaired) electrons. The number of cyclic esters (lactones) is 1. The Labute approximate surface area is 102 Å². The van der Waals surface area contributed by atoms with E-state index in [0.717, 1.165) is 24.0 Å². The lowest BCUT2D eigenvalue weighted by atomic mass is 9.75. The molecule has 0 bridgehead atoms. The highest BCUT2D eigenvalue weighted by molar-refractivity contribution is 5.94. The van der Waals surface area contributed by atoms with Gasteiger partial charge in [-0.2, -0.15) is 0 Å². The van der Waals surface area contributed by atoms with E-state index < -0.39 is 0 Å². The maximum atomic E-state index is 11.4. The number of pyridine rings is 1. The second-order valence-electron chi connectivity index (χ2n) is 4.71. The van der Waals surface area contributed by atoms with Gasteiger partial charge in [0, 0.05) is 23.9 Å². The van der Waals surface area contributed by atoms with E-state index >= 15 is 0 Å². The van der Waals surface area contributed by atoms with Crippen LogP contribution in [0.1, 0.15) is 32.3 Å². The standard InChI is InChI=1S/C14H17NO2/c1-3-6-14(2)10-17-13(16)9-12(14)11-4-7-15-8-5-11/h4-5,7-9H,3,6,10H2,1-2H3. The monoisotopic (exact) mass is 231 g/mol. The molecule has 1 unspecified atom stereocenters. The van der Waals surface area contributed by atoms with Crippen LogP contribution in [0, 0.1) is 5.41 Å². The summed E-state index contributed by atoms with van der Waals surface area (Å²) >= 11 is 0. The van der Waals surface area contributed by atoms with E-state index in [4.69, 9.17) is 4.74 Å². The van der Waals surface area contributed by atoms with Crippen LogP contribution in [0.5, 0.6) is 0 Å². The fourth-order valence-electron chi connectivity index (χ4n) is 2.36. The zero-order valence-corrected chi connectivity index (χ0v) is 10.3. The maximum Gasteiger partial charge on any atom is 0.331 e. The van der Waals surface area contributed by atoms with E-state index in [9.17, 15) is 4.79 Å². The van der Waals surface area contributed by atoms with Gasteiger partial charge in [0.25, 0.3) is 0 Å². The summed E-state index contributed by atoms with van der Waals surface area (Å²) in [6.45, 7) is 4.76. The first kappa shape index (κ1) is 11.8. The van der Waals surface area contributed by atoms with Crippen LogP contribution in [0.15, 0.2) is 30.6 Å². The number of esters is 1. The van der Waals surface area contributed by atoms with E-state index in [2.05, 4.69) is 18.8 Å². The van der Waals surface area contributed by atoms with Crippen LogP contribution in [-0.4, -0.2) is 17.6 Å². The van der Waals surface area contributed by atoms with Crippen molar-refractivity contribution in [2.45, 2.75) is 26.7 Å². The smallest absolute Gasteiger partial charge is 0.331 e. The molecular weight excluding hydrogens is 214 g/mol. The molecule has 0 N–H and O–H groups in total. The number of carbonyl (C=O) groups is 1. The van der Waals surface area contributed by atoms with Gasteiger partial charge in [-0.1, -0.05) is 20.3 Å². The molecule has 1 aliphatic heterocycles. The van der Waals surface area contributed by atoms with Gasteiger partial charge in [0.05, 0.1) is 0 Å². The minimum absolute atomic E-state index is 0.0794. The summed E-state index contributed by atoms with van der Waals surface area (Å²) < 4.78 is 5.17. The summed E-state index contributed by atoms with van der Waals surface area (Å²) in [5.74, 6) is -0.245. The van der Waals surface area contributed by atoms with Crippen molar-refractivity contribution in [2.75, 3.05) is 6.61 Å². The number of ether oxygens (including phenoxy) is 1. The average molecular weight is 231 g/mol. The molecule has 2 heterocycles. The molecule has 1 aromatic rings. The number of nitrogens with zero attached hydrogens (tertiary/aromatic N) is 1. The first-order chi connectivity index (χ1) is 8.15. The van der Waals surface area contributed by atoms with Gasteiger partial charge in [0.1, 0.15) is 6.61 Å². The molecule has 0 saturated carbocycles. The first-order valence-electron chi connectivity index (χ1n) is 5.95. The van der Waals surface area contributed by atoms with Gasteiger partial charge in [0.2, 0.25) is 0 Å². The van der Waals surface area contributed by atoms with Crippen molar-refractivity contribution in [3.63, 3.8) is 0 Å². The average Bonchev–Trinajstić information content (AvgIpc) is 2.34. The Morgan fingerprint density at radius 3 is 2.76 bits per heavy atom. The Balaban J connectivity index is 2.42. The van der Waals surface area contributed by atoms with Gasteiger partial charge in [0.15, 0.2) is 0 Å². The predicted octanol–water partition coefficient (Wildman–Crippen LogP) is 2.83. The van der Waals surface area contributed by atoms with E-state index in [1.807, 2.05) is 12.1 Å². The molecule has 2 rings (SSSR count). The minimum Gasteiger partial charge on any atom is -0.462 e. The van der Waals surface area contributed by atoms with Crippen molar-refractivity contribution in [1.82, 2.24) is 4.98 Å². The fourth-order valence-corrected chi connectivity index (χ4v) is 2.36. The lowest BCUT2D eigenvalue weighted by Gasteiger charge is -2.34. The third-order valence-corrected chi connectivity index (χ3v) is 3.24. The Hall–Kier alpha value is -1.64. The molecule has 1 aliphatic rings. The van der Waals surface area contributed by atoms with Gasteiger partial charge in [-0.3, -0.25) is 4.98 Å². The van der Waals surface area contributed by atoms with Crippen LogP contribution >= 0.6 is 0 Å². The van der Waals surface area contributed by atoms with Gasteiger partial charge < -0.3 is 4.74 Å². The van der Waals surface area contributed by atoms with E-state index in [-0.39, 0.29) is 11.4 Å². The van der Waals surface area contributed by atoms with Crippen molar-refractivity contribution in [3.05, 3.63) is 36.2 Å². The number of rotatable bonds is 3. The molecule has 3 heteroatoms. The van der Waals surface area contributed by atoms with Gasteiger partial charge in [-0.05, 0) is 29.7 Å². The molecule has 0 saturated heterocycles. The first-order valence-corrected chi connectivity index (χ1v) is 5.95. The van der Waals surface area contributed by atoms with Crippen molar-refractivity contribution in [3.8, 4) is 0 Å². The lowest BCUT2D eigenvalue weighted by Crippen LogP contribution is -2.31. The summed E-state index contributed by atoms with van der Waals surface area (Å²) in [4.78, 5) is 15.4. The molecule has 0 aliphatic carbocycles. The van der Waals surface area contributed by atoms with Crippen LogP contribution in [0.4, 0.5) is 0 Å². The van der Waals surface area contributed by atoms with Crippen molar-refractivity contribution < 1.29 is 9.53 Å². The highest BCUT2D eigenvalue weighted by Crippen LogP contribution is 2.41. The summed E-state index contributed by atoms with van der Waals surface area (Å²) in [7, 11) is 0. The SMILES string of the molecule is CCCC1(C)COC(=O)C=C1c1ccncc1. The van der Waals surface area contributed by atoms with Crippen molar-refractivity contribution in [2.24, 2.45) is 5.41 Å². The third kappa shape index (κ3) is 2.38. The third-order valence-electron chi connectivity index (χ3n) is 3.24. The summed E-state index contributed by atoms with van der Waals surface area (Å²) in [5.41, 5.74) is 2.05.